The molecule has 0 aliphatic heterocycles. The fraction of sp³-hybridized carbons (Fsp3) is 0.125. The lowest BCUT2D eigenvalue weighted by Gasteiger charge is -2.06. The lowest BCUT2D eigenvalue weighted by Crippen LogP contribution is -2.24. The van der Waals surface area contributed by atoms with E-state index in [1.54, 1.807) is 18.0 Å². The lowest BCUT2D eigenvalue weighted by atomic mass is 10.2. The number of benzene rings is 2. The van der Waals surface area contributed by atoms with E-state index in [2.05, 4.69) is 31.8 Å². The Labute approximate surface area is 142 Å². The largest absolute Gasteiger partial charge is 0.339 e. The second-order valence-electron chi connectivity index (χ2n) is 4.56. The highest BCUT2D eigenvalue weighted by Gasteiger charge is 2.01. The third kappa shape index (κ3) is 4.89. The number of nitrogens with one attached hydrogen (secondary N) is 2. The van der Waals surface area contributed by atoms with Crippen LogP contribution in [0.15, 0.2) is 56.9 Å². The Morgan fingerprint density at radius 2 is 1.95 bits per heavy atom. The van der Waals surface area contributed by atoms with Crippen LogP contribution >= 0.6 is 27.7 Å². The van der Waals surface area contributed by atoms with Crippen LogP contribution in [-0.4, -0.2) is 18.5 Å². The number of hydrogen-bond acceptors (Lipinski definition) is 3. The highest BCUT2D eigenvalue weighted by atomic mass is 79.9. The van der Waals surface area contributed by atoms with Crippen molar-refractivity contribution in [2.24, 2.45) is 5.10 Å². The molecule has 0 unspecified atom stereocenters. The Morgan fingerprint density at radius 1 is 1.23 bits per heavy atom. The van der Waals surface area contributed by atoms with Crippen molar-refractivity contribution in [3.8, 4) is 0 Å². The summed E-state index contributed by atoms with van der Waals surface area (Å²) in [7, 11) is 0. The van der Waals surface area contributed by atoms with Crippen molar-refractivity contribution in [1.29, 1.82) is 0 Å². The van der Waals surface area contributed by atoms with Crippen molar-refractivity contribution < 1.29 is 4.79 Å². The van der Waals surface area contributed by atoms with Gasteiger partial charge in [-0.15, -0.1) is 11.8 Å². The molecule has 0 saturated carbocycles. The first-order valence-electron chi connectivity index (χ1n) is 6.59. The first kappa shape index (κ1) is 16.6. The van der Waals surface area contributed by atoms with Crippen LogP contribution in [0.4, 0.5) is 10.5 Å². The molecule has 2 N–H and O–H groups in total. The molecule has 0 spiro atoms. The Balaban J connectivity index is 1.88. The molecule has 2 amide bonds. The highest BCUT2D eigenvalue weighted by molar-refractivity contribution is 9.10. The van der Waals surface area contributed by atoms with Gasteiger partial charge in [-0.1, -0.05) is 28.1 Å². The molecule has 6 heteroatoms. The quantitative estimate of drug-likeness (QED) is 0.463. The van der Waals surface area contributed by atoms with Crippen LogP contribution in [0.2, 0.25) is 0 Å². The summed E-state index contributed by atoms with van der Waals surface area (Å²) in [5.74, 6) is 0. The van der Waals surface area contributed by atoms with Crippen molar-refractivity contribution in [3.63, 3.8) is 0 Å². The molecular formula is C16H16BrN3OS. The van der Waals surface area contributed by atoms with Gasteiger partial charge in [0.05, 0.1) is 6.21 Å². The molecule has 0 aliphatic carbocycles. The molecule has 0 radical (unpaired) electrons. The summed E-state index contributed by atoms with van der Waals surface area (Å²) in [5, 5.41) is 6.66. The molecule has 0 saturated heterocycles. The number of anilines is 1. The predicted octanol–water partition coefficient (Wildman–Crippen LogP) is 4.64. The van der Waals surface area contributed by atoms with E-state index in [0.29, 0.717) is 0 Å². The Hall–Kier alpha value is -1.79. The van der Waals surface area contributed by atoms with Gasteiger partial charge in [0.25, 0.3) is 0 Å². The standard InChI is InChI=1S/C16H16BrN3OS/c1-11-9-13(5-8-15(11)17)19-16(21)20-18-10-12-3-6-14(22-2)7-4-12/h3-10H,1-2H3,(H2,19,20,21)/b18-10+. The van der Waals surface area contributed by atoms with Gasteiger partial charge in [0, 0.05) is 15.1 Å². The minimum Gasteiger partial charge on any atom is -0.307 e. The zero-order valence-electron chi connectivity index (χ0n) is 12.3. The number of thioether (sulfide) groups is 1. The summed E-state index contributed by atoms with van der Waals surface area (Å²) < 4.78 is 1.00. The SMILES string of the molecule is CSc1ccc(/C=N/NC(=O)Nc2ccc(Br)c(C)c2)cc1. The van der Waals surface area contributed by atoms with Gasteiger partial charge >= 0.3 is 6.03 Å². The van der Waals surface area contributed by atoms with Gasteiger partial charge in [-0.25, -0.2) is 10.2 Å². The van der Waals surface area contributed by atoms with Gasteiger partial charge in [0.1, 0.15) is 0 Å². The van der Waals surface area contributed by atoms with Crippen LogP contribution in [0.25, 0.3) is 0 Å². The van der Waals surface area contributed by atoms with Gasteiger partial charge in [-0.3, -0.25) is 0 Å². The number of urea groups is 1. The molecule has 0 fully saturated rings. The van der Waals surface area contributed by atoms with E-state index in [9.17, 15) is 4.79 Å². The fourth-order valence-electron chi connectivity index (χ4n) is 1.74. The molecule has 0 aliphatic rings. The summed E-state index contributed by atoms with van der Waals surface area (Å²) >= 11 is 5.10. The normalized spacial score (nSPS) is 10.7. The molecule has 0 atom stereocenters. The van der Waals surface area contributed by atoms with Gasteiger partial charge in [0.15, 0.2) is 0 Å². The Bertz CT molecular complexity index is 686. The zero-order valence-corrected chi connectivity index (χ0v) is 14.7. The van der Waals surface area contributed by atoms with Crippen LogP contribution in [0.5, 0.6) is 0 Å². The Kier molecular flexibility index (Phi) is 6.03. The summed E-state index contributed by atoms with van der Waals surface area (Å²) in [4.78, 5) is 12.9. The highest BCUT2D eigenvalue weighted by Crippen LogP contribution is 2.19. The van der Waals surface area contributed by atoms with Crippen LogP contribution in [0.1, 0.15) is 11.1 Å². The van der Waals surface area contributed by atoms with E-state index in [1.165, 1.54) is 4.90 Å². The second kappa shape index (κ2) is 8.00. The smallest absolute Gasteiger partial charge is 0.307 e. The first-order chi connectivity index (χ1) is 10.6. The number of carbonyl (C=O) groups excluding carboxylic acids is 1. The van der Waals surface area contributed by atoms with Crippen molar-refractivity contribution >= 4 is 45.6 Å². The molecule has 0 bridgehead atoms. The van der Waals surface area contributed by atoms with Crippen LogP contribution in [0, 0.1) is 6.92 Å². The molecule has 114 valence electrons. The summed E-state index contributed by atoms with van der Waals surface area (Å²) in [6, 6.07) is 13.1. The number of nitrogens with zero attached hydrogens (tertiary/aromatic N) is 1. The van der Waals surface area contributed by atoms with Crippen LogP contribution < -0.4 is 10.7 Å². The maximum absolute atomic E-state index is 11.7. The van der Waals surface area contributed by atoms with Gasteiger partial charge in [-0.05, 0) is 54.6 Å². The summed E-state index contributed by atoms with van der Waals surface area (Å²) in [5.41, 5.74) is 5.14. The first-order valence-corrected chi connectivity index (χ1v) is 8.60. The fourth-order valence-corrected chi connectivity index (χ4v) is 2.39. The van der Waals surface area contributed by atoms with Gasteiger partial charge in [-0.2, -0.15) is 5.10 Å². The average molecular weight is 378 g/mol. The maximum Gasteiger partial charge on any atom is 0.339 e. The predicted molar refractivity (Wildman–Crippen MR) is 96.9 cm³/mol. The van der Waals surface area contributed by atoms with Crippen molar-refractivity contribution in [3.05, 3.63) is 58.1 Å². The van der Waals surface area contributed by atoms with Gasteiger partial charge < -0.3 is 5.32 Å². The van der Waals surface area contributed by atoms with E-state index in [1.807, 2.05) is 55.6 Å². The topological polar surface area (TPSA) is 53.5 Å². The summed E-state index contributed by atoms with van der Waals surface area (Å²) in [6.45, 7) is 1.96. The molecular weight excluding hydrogens is 362 g/mol. The van der Waals surface area contributed by atoms with E-state index >= 15 is 0 Å². The van der Waals surface area contributed by atoms with Gasteiger partial charge in [0.2, 0.25) is 0 Å². The van der Waals surface area contributed by atoms with Crippen LogP contribution in [0.3, 0.4) is 0 Å². The molecule has 2 aromatic rings. The molecule has 4 nitrogen and oxygen atoms in total. The van der Waals surface area contributed by atoms with E-state index in [-0.39, 0.29) is 6.03 Å². The maximum atomic E-state index is 11.7. The Morgan fingerprint density at radius 3 is 2.59 bits per heavy atom. The number of amides is 2. The van der Waals surface area contributed by atoms with E-state index in [4.69, 9.17) is 0 Å². The zero-order chi connectivity index (χ0) is 15.9. The molecule has 0 heterocycles. The molecule has 0 aromatic heterocycles. The van der Waals surface area contributed by atoms with Crippen molar-refractivity contribution in [2.75, 3.05) is 11.6 Å². The summed E-state index contributed by atoms with van der Waals surface area (Å²) in [6.07, 6.45) is 3.63. The number of rotatable bonds is 4. The lowest BCUT2D eigenvalue weighted by molar-refractivity contribution is 0.252. The number of hydrogen-bond donors (Lipinski definition) is 2. The number of aryl methyl sites for hydroxylation is 1. The van der Waals surface area contributed by atoms with Crippen molar-refractivity contribution in [2.45, 2.75) is 11.8 Å². The minimum atomic E-state index is -0.376. The molecule has 2 aromatic carbocycles. The average Bonchev–Trinajstić information content (AvgIpc) is 2.51. The number of halogens is 1. The van der Waals surface area contributed by atoms with E-state index < -0.39 is 0 Å². The monoisotopic (exact) mass is 377 g/mol. The van der Waals surface area contributed by atoms with Crippen LogP contribution in [-0.2, 0) is 0 Å². The third-order valence-electron chi connectivity index (χ3n) is 2.91. The second-order valence-corrected chi connectivity index (χ2v) is 6.30. The number of hydrazone groups is 1. The van der Waals surface area contributed by atoms with E-state index in [0.717, 1.165) is 21.3 Å². The minimum absolute atomic E-state index is 0.376. The third-order valence-corrected chi connectivity index (χ3v) is 4.54. The number of carbonyl (C=O) groups is 1. The molecule has 22 heavy (non-hydrogen) atoms. The molecule has 2 rings (SSSR count). The van der Waals surface area contributed by atoms with Crippen molar-refractivity contribution in [1.82, 2.24) is 5.43 Å².